The van der Waals surface area contributed by atoms with Crippen molar-refractivity contribution in [3.05, 3.63) is 60.2 Å². The molecule has 1 aliphatic carbocycles. The molecule has 0 radical (unpaired) electrons. The molecule has 1 nitrogen and oxygen atoms in total. The lowest BCUT2D eigenvalue weighted by Crippen LogP contribution is -2.05. The lowest BCUT2D eigenvalue weighted by molar-refractivity contribution is 0.186. The zero-order valence-electron chi connectivity index (χ0n) is 10.5. The van der Waals surface area contributed by atoms with E-state index in [0.29, 0.717) is 18.6 Å². The molecule has 0 aromatic heterocycles. The van der Waals surface area contributed by atoms with Gasteiger partial charge in [-0.1, -0.05) is 48.1 Å². The maximum Gasteiger partial charge on any atom is 0.0678 e. The summed E-state index contributed by atoms with van der Waals surface area (Å²) in [4.78, 5) is 0. The lowest BCUT2D eigenvalue weighted by Gasteiger charge is -2.12. The Labute approximate surface area is 104 Å². The van der Waals surface area contributed by atoms with Gasteiger partial charge >= 0.3 is 0 Å². The highest BCUT2D eigenvalue weighted by Gasteiger charge is 2.41. The Morgan fingerprint density at radius 1 is 1.35 bits per heavy atom. The minimum atomic E-state index is 0.295. The topological polar surface area (TPSA) is 9.23 Å². The molecule has 0 amide bonds. The van der Waals surface area contributed by atoms with E-state index in [1.165, 1.54) is 24.0 Å². The summed E-state index contributed by atoms with van der Waals surface area (Å²) < 4.78 is 5.47. The number of rotatable bonds is 6. The number of benzene rings is 1. The van der Waals surface area contributed by atoms with E-state index in [0.717, 1.165) is 0 Å². The molecule has 1 aliphatic rings. The van der Waals surface area contributed by atoms with Gasteiger partial charge in [0.05, 0.1) is 13.2 Å². The van der Waals surface area contributed by atoms with Crippen molar-refractivity contribution in [2.24, 2.45) is 0 Å². The minimum absolute atomic E-state index is 0.295. The fourth-order valence-corrected chi connectivity index (χ4v) is 2.24. The minimum Gasteiger partial charge on any atom is -0.373 e. The van der Waals surface area contributed by atoms with Crippen molar-refractivity contribution in [3.8, 4) is 0 Å². The van der Waals surface area contributed by atoms with Gasteiger partial charge in [-0.2, -0.15) is 0 Å². The summed E-state index contributed by atoms with van der Waals surface area (Å²) in [5.74, 6) is 0. The molecule has 1 heteroatoms. The van der Waals surface area contributed by atoms with Crippen LogP contribution < -0.4 is 0 Å². The van der Waals surface area contributed by atoms with Crippen LogP contribution in [0.5, 0.6) is 0 Å². The SMILES string of the molecule is C=CCOC/C(C)=C\C1(c2ccccc2)CC1. The quantitative estimate of drug-likeness (QED) is 0.530. The molecule has 0 bridgehead atoms. The molecule has 0 N–H and O–H groups in total. The van der Waals surface area contributed by atoms with Crippen LogP contribution in [0, 0.1) is 0 Å². The number of hydrogen-bond donors (Lipinski definition) is 0. The van der Waals surface area contributed by atoms with Gasteiger partial charge in [0, 0.05) is 5.41 Å². The van der Waals surface area contributed by atoms with Crippen molar-refractivity contribution >= 4 is 0 Å². The molecule has 90 valence electrons. The van der Waals surface area contributed by atoms with Crippen LogP contribution in [0.4, 0.5) is 0 Å². The highest BCUT2D eigenvalue weighted by Crippen LogP contribution is 2.49. The molecular weight excluding hydrogens is 208 g/mol. The van der Waals surface area contributed by atoms with E-state index in [-0.39, 0.29) is 0 Å². The predicted molar refractivity (Wildman–Crippen MR) is 72.1 cm³/mol. The van der Waals surface area contributed by atoms with Crippen LogP contribution in [0.3, 0.4) is 0 Å². The second-order valence-corrected chi connectivity index (χ2v) is 4.82. The molecule has 1 aromatic carbocycles. The maximum atomic E-state index is 5.47. The Hall–Kier alpha value is -1.34. The number of hydrogen-bond acceptors (Lipinski definition) is 1. The predicted octanol–water partition coefficient (Wildman–Crippen LogP) is 3.87. The molecule has 17 heavy (non-hydrogen) atoms. The van der Waals surface area contributed by atoms with Crippen LogP contribution in [0.2, 0.25) is 0 Å². The standard InChI is InChI=1S/C16H20O/c1-3-11-17-13-14(2)12-16(9-10-16)15-7-5-4-6-8-15/h3-8,12H,1,9-11,13H2,2H3/b14-12-. The van der Waals surface area contributed by atoms with E-state index < -0.39 is 0 Å². The Bertz CT molecular complexity index is 399. The first-order valence-electron chi connectivity index (χ1n) is 6.19. The number of allylic oxidation sites excluding steroid dienone is 1. The van der Waals surface area contributed by atoms with Crippen LogP contribution in [-0.2, 0) is 10.2 Å². The summed E-state index contributed by atoms with van der Waals surface area (Å²) in [6.07, 6.45) is 6.69. The van der Waals surface area contributed by atoms with Crippen LogP contribution in [-0.4, -0.2) is 13.2 Å². The first-order valence-corrected chi connectivity index (χ1v) is 6.19. The van der Waals surface area contributed by atoms with Gasteiger partial charge in [-0.15, -0.1) is 6.58 Å². The van der Waals surface area contributed by atoms with Gasteiger partial charge in [-0.25, -0.2) is 0 Å². The second-order valence-electron chi connectivity index (χ2n) is 4.82. The largest absolute Gasteiger partial charge is 0.373 e. The van der Waals surface area contributed by atoms with Crippen LogP contribution in [0.15, 0.2) is 54.6 Å². The average molecular weight is 228 g/mol. The van der Waals surface area contributed by atoms with Gasteiger partial charge < -0.3 is 4.74 Å². The first-order chi connectivity index (χ1) is 8.27. The van der Waals surface area contributed by atoms with E-state index in [1.54, 1.807) is 6.08 Å². The van der Waals surface area contributed by atoms with Crippen LogP contribution in [0.25, 0.3) is 0 Å². The van der Waals surface area contributed by atoms with Gasteiger partial charge in [0.2, 0.25) is 0 Å². The van der Waals surface area contributed by atoms with Crippen molar-refractivity contribution in [1.29, 1.82) is 0 Å². The normalized spacial score (nSPS) is 17.8. The Balaban J connectivity index is 2.02. The van der Waals surface area contributed by atoms with Crippen molar-refractivity contribution in [1.82, 2.24) is 0 Å². The molecule has 0 atom stereocenters. The van der Waals surface area contributed by atoms with Crippen molar-refractivity contribution < 1.29 is 4.74 Å². The van der Waals surface area contributed by atoms with Gasteiger partial charge in [-0.05, 0) is 25.3 Å². The summed E-state index contributed by atoms with van der Waals surface area (Å²) in [5.41, 5.74) is 3.04. The molecule has 1 fully saturated rings. The number of ether oxygens (including phenoxy) is 1. The van der Waals surface area contributed by atoms with E-state index >= 15 is 0 Å². The Morgan fingerprint density at radius 2 is 2.06 bits per heavy atom. The third kappa shape index (κ3) is 3.07. The monoisotopic (exact) mass is 228 g/mol. The van der Waals surface area contributed by atoms with Crippen LogP contribution in [0.1, 0.15) is 25.3 Å². The van der Waals surface area contributed by atoms with Crippen molar-refractivity contribution in [2.75, 3.05) is 13.2 Å². The third-order valence-corrected chi connectivity index (χ3v) is 3.23. The van der Waals surface area contributed by atoms with E-state index in [1.807, 2.05) is 0 Å². The summed E-state index contributed by atoms with van der Waals surface area (Å²) in [6.45, 7) is 7.13. The van der Waals surface area contributed by atoms with Crippen molar-refractivity contribution in [3.63, 3.8) is 0 Å². The van der Waals surface area contributed by atoms with E-state index in [4.69, 9.17) is 4.74 Å². The molecule has 0 spiro atoms. The molecule has 1 saturated carbocycles. The molecule has 2 rings (SSSR count). The fraction of sp³-hybridized carbons (Fsp3) is 0.375. The summed E-state index contributed by atoms with van der Waals surface area (Å²) in [5, 5.41) is 0. The first kappa shape index (κ1) is 12.1. The molecule has 0 saturated heterocycles. The zero-order chi connectivity index (χ0) is 12.1. The lowest BCUT2D eigenvalue weighted by atomic mass is 9.94. The van der Waals surface area contributed by atoms with E-state index in [2.05, 4.69) is 49.9 Å². The molecule has 0 unspecified atom stereocenters. The molecule has 0 heterocycles. The van der Waals surface area contributed by atoms with Gasteiger partial charge in [0.25, 0.3) is 0 Å². The second kappa shape index (κ2) is 5.33. The highest BCUT2D eigenvalue weighted by atomic mass is 16.5. The zero-order valence-corrected chi connectivity index (χ0v) is 10.5. The smallest absolute Gasteiger partial charge is 0.0678 e. The Morgan fingerprint density at radius 3 is 2.65 bits per heavy atom. The van der Waals surface area contributed by atoms with Crippen LogP contribution >= 0.6 is 0 Å². The van der Waals surface area contributed by atoms with Crippen molar-refractivity contribution in [2.45, 2.75) is 25.2 Å². The Kier molecular flexibility index (Phi) is 3.80. The van der Waals surface area contributed by atoms with Gasteiger partial charge in [0.15, 0.2) is 0 Å². The summed E-state index contributed by atoms with van der Waals surface area (Å²) >= 11 is 0. The van der Waals surface area contributed by atoms with Gasteiger partial charge in [-0.3, -0.25) is 0 Å². The fourth-order valence-electron chi connectivity index (χ4n) is 2.24. The molecular formula is C16H20O. The third-order valence-electron chi connectivity index (χ3n) is 3.23. The van der Waals surface area contributed by atoms with E-state index in [9.17, 15) is 0 Å². The summed E-state index contributed by atoms with van der Waals surface area (Å²) in [7, 11) is 0. The summed E-state index contributed by atoms with van der Waals surface area (Å²) in [6, 6.07) is 10.8. The molecule has 0 aliphatic heterocycles. The molecule has 1 aromatic rings. The maximum absolute atomic E-state index is 5.47. The van der Waals surface area contributed by atoms with Gasteiger partial charge in [0.1, 0.15) is 0 Å². The average Bonchev–Trinajstić information content (AvgIpc) is 3.12. The highest BCUT2D eigenvalue weighted by molar-refractivity contribution is 5.38.